The van der Waals surface area contributed by atoms with Crippen LogP contribution < -0.4 is 4.90 Å². The van der Waals surface area contributed by atoms with Crippen molar-refractivity contribution in [3.8, 4) is 11.4 Å². The van der Waals surface area contributed by atoms with Gasteiger partial charge in [-0.1, -0.05) is 146 Å². The maximum Gasteiger partial charge on any atom is 0.0642 e. The van der Waals surface area contributed by atoms with E-state index in [1.54, 1.807) is 0 Å². The molecule has 328 valence electrons. The van der Waals surface area contributed by atoms with E-state index in [0.717, 1.165) is 22.7 Å². The topological polar surface area (TPSA) is 21.9 Å². The third kappa shape index (κ3) is 4.70. The SMILES string of the molecule is c1ccc(N(c2ccccc2)c2ccc3c4cc5c(cc4n4c6ccc7c8ccccc8n(-c8ccccc8)c7c6c2c34)c2cccc3c4c6c(ccc4n5c23)c2ccccc2n6-c2ccccc2)cc1. The summed E-state index contributed by atoms with van der Waals surface area (Å²) in [5.74, 6) is 0. The smallest absolute Gasteiger partial charge is 0.0642 e. The number of hydrogen-bond acceptors (Lipinski definition) is 1. The molecule has 0 atom stereocenters. The van der Waals surface area contributed by atoms with Gasteiger partial charge in [0.2, 0.25) is 0 Å². The van der Waals surface area contributed by atoms with Crippen LogP contribution in [0, 0.1) is 0 Å². The van der Waals surface area contributed by atoms with E-state index in [-0.39, 0.29) is 0 Å². The molecule has 0 bridgehead atoms. The van der Waals surface area contributed by atoms with Crippen molar-refractivity contribution in [2.75, 3.05) is 4.90 Å². The van der Waals surface area contributed by atoms with Gasteiger partial charge in [-0.15, -0.1) is 0 Å². The van der Waals surface area contributed by atoms with Crippen LogP contribution >= 0.6 is 0 Å². The minimum absolute atomic E-state index is 1.11. The van der Waals surface area contributed by atoms with Crippen molar-refractivity contribution in [2.45, 2.75) is 0 Å². The Labute approximate surface area is 405 Å². The number of rotatable bonds is 5. The molecule has 71 heavy (non-hydrogen) atoms. The first-order valence-corrected chi connectivity index (χ1v) is 24.5. The summed E-state index contributed by atoms with van der Waals surface area (Å²) in [5.41, 5.74) is 17.9. The first kappa shape index (κ1) is 37.4. The van der Waals surface area contributed by atoms with Gasteiger partial charge in [0.15, 0.2) is 0 Å². The quantitative estimate of drug-likeness (QED) is 0.169. The van der Waals surface area contributed by atoms with Crippen molar-refractivity contribution in [1.29, 1.82) is 0 Å². The molecule has 5 nitrogen and oxygen atoms in total. The van der Waals surface area contributed by atoms with Gasteiger partial charge in [0.1, 0.15) is 0 Å². The summed E-state index contributed by atoms with van der Waals surface area (Å²) in [5, 5.41) is 15.1. The third-order valence-electron chi connectivity index (χ3n) is 15.7. The molecule has 6 aromatic heterocycles. The summed E-state index contributed by atoms with van der Waals surface area (Å²) in [4.78, 5) is 2.45. The molecule has 17 aromatic rings. The number of aromatic nitrogens is 4. The molecular formula is C66H39N5. The predicted molar refractivity (Wildman–Crippen MR) is 299 cm³/mol. The first-order valence-electron chi connectivity index (χ1n) is 24.5. The average Bonchev–Trinajstić information content (AvgIpc) is 4.29. The molecule has 11 aromatic carbocycles. The van der Waals surface area contributed by atoms with Crippen LogP contribution in [0.2, 0.25) is 0 Å². The molecule has 0 aliphatic rings. The van der Waals surface area contributed by atoms with E-state index >= 15 is 0 Å². The Morgan fingerprint density at radius 2 is 0.662 bits per heavy atom. The van der Waals surface area contributed by atoms with Crippen LogP contribution in [0.3, 0.4) is 0 Å². The van der Waals surface area contributed by atoms with Crippen LogP contribution in [0.15, 0.2) is 237 Å². The minimum atomic E-state index is 1.11. The van der Waals surface area contributed by atoms with E-state index in [1.807, 2.05) is 0 Å². The van der Waals surface area contributed by atoms with Crippen LogP contribution in [0.5, 0.6) is 0 Å². The maximum atomic E-state index is 2.59. The molecule has 0 unspecified atom stereocenters. The fourth-order valence-electron chi connectivity index (χ4n) is 13.0. The Kier molecular flexibility index (Phi) is 7.15. The van der Waals surface area contributed by atoms with Crippen LogP contribution in [0.4, 0.5) is 17.1 Å². The Balaban J connectivity index is 1.05. The Hall–Kier alpha value is -9.58. The van der Waals surface area contributed by atoms with Gasteiger partial charge in [0.25, 0.3) is 0 Å². The van der Waals surface area contributed by atoms with Crippen LogP contribution in [0.1, 0.15) is 0 Å². The summed E-state index contributed by atoms with van der Waals surface area (Å²) >= 11 is 0. The van der Waals surface area contributed by atoms with E-state index in [2.05, 4.69) is 259 Å². The fraction of sp³-hybridized carbons (Fsp3) is 0. The highest BCUT2D eigenvalue weighted by atomic mass is 15.1. The lowest BCUT2D eigenvalue weighted by Gasteiger charge is -2.26. The molecule has 0 spiro atoms. The molecular weight excluding hydrogens is 863 g/mol. The highest BCUT2D eigenvalue weighted by Gasteiger charge is 2.29. The monoisotopic (exact) mass is 901 g/mol. The Morgan fingerprint density at radius 3 is 1.24 bits per heavy atom. The second-order valence-electron chi connectivity index (χ2n) is 19.2. The second kappa shape index (κ2) is 13.6. The van der Waals surface area contributed by atoms with E-state index in [0.29, 0.717) is 0 Å². The highest BCUT2D eigenvalue weighted by molar-refractivity contribution is 6.36. The number of hydrogen-bond donors (Lipinski definition) is 0. The van der Waals surface area contributed by atoms with Gasteiger partial charge in [-0.2, -0.15) is 0 Å². The molecule has 0 saturated heterocycles. The molecule has 0 N–H and O–H groups in total. The fourth-order valence-corrected chi connectivity index (χ4v) is 13.0. The van der Waals surface area contributed by atoms with Gasteiger partial charge < -0.3 is 22.8 Å². The summed E-state index contributed by atoms with van der Waals surface area (Å²) in [6, 6.07) is 87.4. The maximum absolute atomic E-state index is 2.59. The molecule has 0 aliphatic carbocycles. The predicted octanol–water partition coefficient (Wildman–Crippen LogP) is 17.7. The molecule has 0 saturated carbocycles. The minimum Gasteiger partial charge on any atom is -0.310 e. The van der Waals surface area contributed by atoms with Crippen molar-refractivity contribution in [3.63, 3.8) is 0 Å². The lowest BCUT2D eigenvalue weighted by molar-refractivity contribution is 1.19. The van der Waals surface area contributed by atoms with Gasteiger partial charge >= 0.3 is 0 Å². The van der Waals surface area contributed by atoms with Crippen molar-refractivity contribution in [1.82, 2.24) is 17.9 Å². The van der Waals surface area contributed by atoms with Crippen LogP contribution in [-0.4, -0.2) is 17.9 Å². The number of nitrogens with zero attached hydrogens (tertiary/aromatic N) is 5. The summed E-state index contributed by atoms with van der Waals surface area (Å²) < 4.78 is 10.1. The van der Waals surface area contributed by atoms with E-state index in [9.17, 15) is 0 Å². The zero-order valence-corrected chi connectivity index (χ0v) is 38.3. The molecule has 6 heterocycles. The molecule has 5 heteroatoms. The number of fused-ring (bicyclic) bond motifs is 20. The number of anilines is 3. The second-order valence-corrected chi connectivity index (χ2v) is 19.2. The summed E-state index contributed by atoms with van der Waals surface area (Å²) in [6.45, 7) is 0. The van der Waals surface area contributed by atoms with Gasteiger partial charge in [-0.05, 0) is 91.0 Å². The summed E-state index contributed by atoms with van der Waals surface area (Å²) in [7, 11) is 0. The Bertz CT molecular complexity index is 4980. The number of para-hydroxylation sites is 7. The van der Waals surface area contributed by atoms with E-state index in [1.165, 1.54) is 125 Å². The summed E-state index contributed by atoms with van der Waals surface area (Å²) in [6.07, 6.45) is 0. The van der Waals surface area contributed by atoms with Gasteiger partial charge in [-0.3, -0.25) is 0 Å². The lowest BCUT2D eigenvalue weighted by atomic mass is 10.0. The average molecular weight is 902 g/mol. The normalized spacial score (nSPS) is 12.5. The molecule has 17 rings (SSSR count). The van der Waals surface area contributed by atoms with Crippen molar-refractivity contribution >= 4 is 137 Å². The van der Waals surface area contributed by atoms with Crippen LogP contribution in [0.25, 0.3) is 131 Å². The van der Waals surface area contributed by atoms with Gasteiger partial charge in [-0.25, -0.2) is 0 Å². The van der Waals surface area contributed by atoms with E-state index in [4.69, 9.17) is 0 Å². The van der Waals surface area contributed by atoms with E-state index < -0.39 is 0 Å². The van der Waals surface area contributed by atoms with Crippen LogP contribution in [-0.2, 0) is 0 Å². The standard InChI is InChI=1S/C66H39N5/c1-5-18-40(19-6-1)67(41-20-7-2-8-21-41)56-36-34-49-52-39-58-51(38-59(52)71-57-37-33-48-45-27-14-16-31-54(45)69(43-24-11-4-12-25-43)65(48)62(57)61(56)66(49)71)46-28-17-29-50-60-55(70(58)63(46)50)35-32-47-44-26-13-15-30-53(44)68(64(47)60)42-22-9-3-10-23-42/h1-39H. The zero-order valence-electron chi connectivity index (χ0n) is 38.3. The molecule has 0 radical (unpaired) electrons. The molecule has 0 fully saturated rings. The zero-order chi connectivity index (χ0) is 46.1. The third-order valence-corrected chi connectivity index (χ3v) is 15.7. The van der Waals surface area contributed by atoms with Crippen molar-refractivity contribution < 1.29 is 0 Å². The highest BCUT2D eigenvalue weighted by Crippen LogP contribution is 2.52. The molecule has 0 amide bonds. The molecule has 0 aliphatic heterocycles. The number of benzene rings is 11. The van der Waals surface area contributed by atoms with Gasteiger partial charge in [0, 0.05) is 87.4 Å². The Morgan fingerprint density at radius 1 is 0.239 bits per heavy atom. The first-order chi connectivity index (χ1) is 35.3. The largest absolute Gasteiger partial charge is 0.310 e. The van der Waals surface area contributed by atoms with Gasteiger partial charge in [0.05, 0.1) is 60.9 Å². The van der Waals surface area contributed by atoms with Crippen molar-refractivity contribution in [2.24, 2.45) is 0 Å². The van der Waals surface area contributed by atoms with Crippen molar-refractivity contribution in [3.05, 3.63) is 237 Å². The lowest BCUT2D eigenvalue weighted by Crippen LogP contribution is -2.10.